The fourth-order valence-corrected chi connectivity index (χ4v) is 2.01. The highest BCUT2D eigenvalue weighted by molar-refractivity contribution is 5.32. The third-order valence-corrected chi connectivity index (χ3v) is 3.00. The first-order valence-corrected chi connectivity index (χ1v) is 5.85. The minimum atomic E-state index is 0.0628. The van der Waals surface area contributed by atoms with E-state index in [1.54, 1.807) is 0 Å². The topological polar surface area (TPSA) is 56.3 Å². The lowest BCUT2D eigenvalue weighted by Crippen LogP contribution is -2.50. The first-order chi connectivity index (χ1) is 7.72. The fourth-order valence-electron chi connectivity index (χ4n) is 2.01. The van der Waals surface area contributed by atoms with Gasteiger partial charge in [-0.05, 0) is 13.8 Å². The minimum absolute atomic E-state index is 0.0628. The van der Waals surface area contributed by atoms with Crippen molar-refractivity contribution in [2.45, 2.75) is 32.5 Å². The zero-order valence-corrected chi connectivity index (χ0v) is 9.97. The van der Waals surface area contributed by atoms with Crippen LogP contribution < -0.4 is 10.6 Å². The van der Waals surface area contributed by atoms with Crippen molar-refractivity contribution in [3.63, 3.8) is 0 Å². The monoisotopic (exact) mass is 224 g/mol. The molecule has 1 saturated heterocycles. The first-order valence-electron chi connectivity index (χ1n) is 5.85. The largest absolute Gasteiger partial charge is 0.373 e. The van der Waals surface area contributed by atoms with Gasteiger partial charge in [0, 0.05) is 38.1 Å². The molecule has 1 aromatic rings. The van der Waals surface area contributed by atoms with Gasteiger partial charge in [-0.25, -0.2) is 4.98 Å². The Morgan fingerprint density at radius 1 is 1.69 bits per heavy atom. The van der Waals surface area contributed by atoms with E-state index in [0.717, 1.165) is 32.2 Å². The van der Waals surface area contributed by atoms with Gasteiger partial charge in [-0.1, -0.05) is 0 Å². The molecule has 90 valence electrons. The second-order valence-corrected chi connectivity index (χ2v) is 4.23. The standard InChI is InChI=1S/C11H20N4O/c1-3-14-5-4-13-11(14)15-6-7-16-10(8-15)9(2)12/h4-5,9-10H,3,6-8,12H2,1-2H3. The molecule has 1 aromatic heterocycles. The molecular weight excluding hydrogens is 204 g/mol. The summed E-state index contributed by atoms with van der Waals surface area (Å²) in [7, 11) is 0. The zero-order chi connectivity index (χ0) is 11.5. The number of ether oxygens (including phenoxy) is 1. The van der Waals surface area contributed by atoms with Gasteiger partial charge in [0.15, 0.2) is 0 Å². The third kappa shape index (κ3) is 2.20. The van der Waals surface area contributed by atoms with Gasteiger partial charge < -0.3 is 19.9 Å². The molecular formula is C11H20N4O. The summed E-state index contributed by atoms with van der Waals surface area (Å²) < 4.78 is 7.78. The van der Waals surface area contributed by atoms with E-state index >= 15 is 0 Å². The number of aromatic nitrogens is 2. The molecule has 0 saturated carbocycles. The number of nitrogens with two attached hydrogens (primary N) is 1. The van der Waals surface area contributed by atoms with E-state index < -0.39 is 0 Å². The molecule has 1 aliphatic rings. The van der Waals surface area contributed by atoms with Gasteiger partial charge in [0.1, 0.15) is 0 Å². The smallest absolute Gasteiger partial charge is 0.205 e. The second-order valence-electron chi connectivity index (χ2n) is 4.23. The fraction of sp³-hybridized carbons (Fsp3) is 0.727. The number of imidazole rings is 1. The van der Waals surface area contributed by atoms with Crippen molar-refractivity contribution in [1.82, 2.24) is 9.55 Å². The van der Waals surface area contributed by atoms with Crippen molar-refractivity contribution in [1.29, 1.82) is 0 Å². The lowest BCUT2D eigenvalue weighted by atomic mass is 10.1. The van der Waals surface area contributed by atoms with Gasteiger partial charge in [-0.2, -0.15) is 0 Å². The summed E-state index contributed by atoms with van der Waals surface area (Å²) in [6.45, 7) is 7.49. The Balaban J connectivity index is 2.09. The van der Waals surface area contributed by atoms with Crippen LogP contribution in [0.1, 0.15) is 13.8 Å². The summed E-state index contributed by atoms with van der Waals surface area (Å²) in [5, 5.41) is 0. The maximum atomic E-state index is 5.87. The Labute approximate surface area is 96.2 Å². The molecule has 2 atom stereocenters. The molecule has 1 aliphatic heterocycles. The summed E-state index contributed by atoms with van der Waals surface area (Å²) in [4.78, 5) is 6.65. The van der Waals surface area contributed by atoms with Gasteiger partial charge in [0.05, 0.1) is 12.7 Å². The maximum Gasteiger partial charge on any atom is 0.205 e. The van der Waals surface area contributed by atoms with E-state index in [2.05, 4.69) is 21.4 Å². The molecule has 2 unspecified atom stereocenters. The van der Waals surface area contributed by atoms with E-state index in [-0.39, 0.29) is 12.1 Å². The van der Waals surface area contributed by atoms with E-state index in [1.807, 2.05) is 19.3 Å². The van der Waals surface area contributed by atoms with Gasteiger partial charge in [0.25, 0.3) is 0 Å². The predicted octanol–water partition coefficient (Wildman–Crippen LogP) is 0.455. The van der Waals surface area contributed by atoms with Crippen LogP contribution in [0.4, 0.5) is 5.95 Å². The number of rotatable bonds is 3. The molecule has 5 nitrogen and oxygen atoms in total. The average Bonchev–Trinajstić information content (AvgIpc) is 2.77. The van der Waals surface area contributed by atoms with Crippen molar-refractivity contribution in [2.24, 2.45) is 5.73 Å². The van der Waals surface area contributed by atoms with Gasteiger partial charge in [-0.15, -0.1) is 0 Å². The lowest BCUT2D eigenvalue weighted by molar-refractivity contribution is 0.0269. The summed E-state index contributed by atoms with van der Waals surface area (Å²) >= 11 is 0. The van der Waals surface area contributed by atoms with Crippen molar-refractivity contribution in [3.8, 4) is 0 Å². The molecule has 0 aliphatic carbocycles. The van der Waals surface area contributed by atoms with Crippen LogP contribution in [0.2, 0.25) is 0 Å². The first kappa shape index (κ1) is 11.4. The van der Waals surface area contributed by atoms with Crippen LogP contribution in [0.5, 0.6) is 0 Å². The van der Waals surface area contributed by atoms with E-state index in [0.29, 0.717) is 0 Å². The van der Waals surface area contributed by atoms with Crippen molar-refractivity contribution >= 4 is 5.95 Å². The molecule has 2 heterocycles. The summed E-state index contributed by atoms with van der Waals surface area (Å²) in [5.41, 5.74) is 5.87. The highest BCUT2D eigenvalue weighted by atomic mass is 16.5. The highest BCUT2D eigenvalue weighted by Gasteiger charge is 2.25. The Morgan fingerprint density at radius 2 is 2.50 bits per heavy atom. The molecule has 2 rings (SSSR count). The minimum Gasteiger partial charge on any atom is -0.373 e. The molecule has 0 spiro atoms. The Hall–Kier alpha value is -1.07. The lowest BCUT2D eigenvalue weighted by Gasteiger charge is -2.35. The predicted molar refractivity (Wildman–Crippen MR) is 63.5 cm³/mol. The number of morpholine rings is 1. The molecule has 5 heteroatoms. The SMILES string of the molecule is CCn1ccnc1N1CCOC(C(C)N)C1. The second kappa shape index (κ2) is 4.84. The quantitative estimate of drug-likeness (QED) is 0.810. The van der Waals surface area contributed by atoms with Gasteiger partial charge in [-0.3, -0.25) is 0 Å². The van der Waals surface area contributed by atoms with Gasteiger partial charge >= 0.3 is 0 Å². The maximum absolute atomic E-state index is 5.87. The molecule has 1 fully saturated rings. The van der Waals surface area contributed by atoms with Crippen molar-refractivity contribution < 1.29 is 4.74 Å². The van der Waals surface area contributed by atoms with Crippen LogP contribution in [-0.4, -0.2) is 41.4 Å². The van der Waals surface area contributed by atoms with Crippen molar-refractivity contribution in [3.05, 3.63) is 12.4 Å². The Bertz CT molecular complexity index is 336. The zero-order valence-electron chi connectivity index (χ0n) is 9.97. The van der Waals surface area contributed by atoms with Crippen molar-refractivity contribution in [2.75, 3.05) is 24.6 Å². The normalized spacial score (nSPS) is 23.4. The molecule has 0 bridgehead atoms. The van der Waals surface area contributed by atoms with Crippen LogP contribution >= 0.6 is 0 Å². The van der Waals surface area contributed by atoms with E-state index in [4.69, 9.17) is 10.5 Å². The molecule has 0 amide bonds. The molecule has 0 radical (unpaired) electrons. The van der Waals surface area contributed by atoms with Crippen LogP contribution in [0, 0.1) is 0 Å². The van der Waals surface area contributed by atoms with Crippen LogP contribution in [0.15, 0.2) is 12.4 Å². The summed E-state index contributed by atoms with van der Waals surface area (Å²) in [5.74, 6) is 1.02. The number of hydrogen-bond acceptors (Lipinski definition) is 4. The Morgan fingerprint density at radius 3 is 3.19 bits per heavy atom. The van der Waals surface area contributed by atoms with Crippen LogP contribution in [0.25, 0.3) is 0 Å². The number of nitrogens with zero attached hydrogens (tertiary/aromatic N) is 3. The third-order valence-electron chi connectivity index (χ3n) is 3.00. The average molecular weight is 224 g/mol. The molecule has 16 heavy (non-hydrogen) atoms. The number of aryl methyl sites for hydroxylation is 1. The molecule has 0 aromatic carbocycles. The van der Waals surface area contributed by atoms with Crippen LogP contribution in [-0.2, 0) is 11.3 Å². The van der Waals surface area contributed by atoms with E-state index in [9.17, 15) is 0 Å². The van der Waals surface area contributed by atoms with Crippen LogP contribution in [0.3, 0.4) is 0 Å². The highest BCUT2D eigenvalue weighted by Crippen LogP contribution is 2.16. The van der Waals surface area contributed by atoms with E-state index in [1.165, 1.54) is 0 Å². The number of anilines is 1. The summed E-state index contributed by atoms with van der Waals surface area (Å²) in [6, 6.07) is 0.0628. The Kier molecular flexibility index (Phi) is 3.46. The molecule has 2 N–H and O–H groups in total. The number of hydrogen-bond donors (Lipinski definition) is 1. The summed E-state index contributed by atoms with van der Waals surface area (Å²) in [6.07, 6.45) is 3.96. The van der Waals surface area contributed by atoms with Gasteiger partial charge in [0.2, 0.25) is 5.95 Å².